The van der Waals surface area contributed by atoms with Crippen molar-refractivity contribution in [3.8, 4) is 0 Å². The van der Waals surface area contributed by atoms with Gasteiger partial charge in [-0.1, -0.05) is 46.7 Å². The first kappa shape index (κ1) is 12.2. The highest BCUT2D eigenvalue weighted by molar-refractivity contribution is 5.19. The Bertz CT molecular complexity index is 203. The Hall–Kier alpha value is -0.790. The zero-order valence-electron chi connectivity index (χ0n) is 9.59. The molecule has 2 nitrogen and oxygen atoms in total. The Morgan fingerprint density at radius 3 is 1.92 bits per heavy atom. The summed E-state index contributed by atoms with van der Waals surface area (Å²) in [5, 5.41) is 3.79. The first-order valence-electron chi connectivity index (χ1n) is 5.07. The smallest absolute Gasteiger partial charge is 0.142 e. The molecule has 0 aliphatic heterocycles. The summed E-state index contributed by atoms with van der Waals surface area (Å²) in [5.41, 5.74) is 1.24. The van der Waals surface area contributed by atoms with E-state index in [1.807, 2.05) is 20.0 Å². The Kier molecular flexibility index (Phi) is 5.44. The second-order valence-electron chi connectivity index (χ2n) is 3.45. The molecule has 0 aliphatic rings. The van der Waals surface area contributed by atoms with Gasteiger partial charge in [0.05, 0.1) is 6.20 Å². The maximum Gasteiger partial charge on any atom is 0.142 e. The van der Waals surface area contributed by atoms with Gasteiger partial charge >= 0.3 is 0 Å². The van der Waals surface area contributed by atoms with Crippen molar-refractivity contribution in [1.82, 2.24) is 5.16 Å². The van der Waals surface area contributed by atoms with Crippen LogP contribution in [0.3, 0.4) is 0 Å². The van der Waals surface area contributed by atoms with Gasteiger partial charge in [0.1, 0.15) is 5.76 Å². The first-order chi connectivity index (χ1) is 6.13. The molecule has 0 aliphatic carbocycles. The third-order valence-corrected chi connectivity index (χ3v) is 1.77. The zero-order chi connectivity index (χ0) is 10.4. The highest BCUT2D eigenvalue weighted by Gasteiger charge is 2.13. The topological polar surface area (TPSA) is 26.0 Å². The molecule has 76 valence electrons. The van der Waals surface area contributed by atoms with Gasteiger partial charge in [0.15, 0.2) is 0 Å². The summed E-state index contributed by atoms with van der Waals surface area (Å²) in [7, 11) is 0. The third kappa shape index (κ3) is 3.21. The number of aromatic nitrogens is 1. The molecule has 1 rings (SSSR count). The van der Waals surface area contributed by atoms with Gasteiger partial charge in [0.2, 0.25) is 0 Å². The Morgan fingerprint density at radius 2 is 1.62 bits per heavy atom. The molecule has 0 N–H and O–H groups in total. The number of hydrogen-bond donors (Lipinski definition) is 0. The van der Waals surface area contributed by atoms with Gasteiger partial charge in [-0.15, -0.1) is 0 Å². The fraction of sp³-hybridized carbons (Fsp3) is 0.727. The van der Waals surface area contributed by atoms with Crippen LogP contribution in [0.1, 0.15) is 64.7 Å². The first-order valence-corrected chi connectivity index (χ1v) is 5.07. The van der Waals surface area contributed by atoms with Gasteiger partial charge in [0, 0.05) is 11.5 Å². The van der Waals surface area contributed by atoms with Crippen LogP contribution in [0.15, 0.2) is 10.7 Å². The van der Waals surface area contributed by atoms with Crippen molar-refractivity contribution in [1.29, 1.82) is 0 Å². The molecule has 0 bridgehead atoms. The molecule has 0 saturated heterocycles. The van der Waals surface area contributed by atoms with Crippen LogP contribution in [0.25, 0.3) is 0 Å². The minimum absolute atomic E-state index is 0.440. The standard InChI is InChI=1S/C9H15NO.C2H6/c1-6(2)8-5-10-11-9(8)7(3)4;1-2/h5-7H,1-4H3;1-2H3. The molecule has 1 aromatic rings. The summed E-state index contributed by atoms with van der Waals surface area (Å²) in [6.45, 7) is 12.5. The summed E-state index contributed by atoms with van der Waals surface area (Å²) < 4.78 is 5.14. The van der Waals surface area contributed by atoms with Crippen molar-refractivity contribution in [2.24, 2.45) is 0 Å². The van der Waals surface area contributed by atoms with Crippen LogP contribution in [0.4, 0.5) is 0 Å². The van der Waals surface area contributed by atoms with Crippen molar-refractivity contribution in [3.63, 3.8) is 0 Å². The molecule has 0 amide bonds. The number of rotatable bonds is 2. The van der Waals surface area contributed by atoms with Crippen LogP contribution in [-0.2, 0) is 0 Å². The van der Waals surface area contributed by atoms with E-state index in [1.54, 1.807) is 0 Å². The van der Waals surface area contributed by atoms with Crippen LogP contribution < -0.4 is 0 Å². The molecule has 1 heterocycles. The van der Waals surface area contributed by atoms with E-state index in [4.69, 9.17) is 4.52 Å². The minimum Gasteiger partial charge on any atom is -0.361 e. The highest BCUT2D eigenvalue weighted by Crippen LogP contribution is 2.24. The Labute approximate surface area is 81.3 Å². The van der Waals surface area contributed by atoms with Gasteiger partial charge in [-0.3, -0.25) is 0 Å². The summed E-state index contributed by atoms with van der Waals surface area (Å²) in [4.78, 5) is 0. The molecular weight excluding hydrogens is 162 g/mol. The fourth-order valence-corrected chi connectivity index (χ4v) is 1.13. The van der Waals surface area contributed by atoms with Gasteiger partial charge in [-0.05, 0) is 5.92 Å². The van der Waals surface area contributed by atoms with Gasteiger partial charge in [0.25, 0.3) is 0 Å². The second-order valence-corrected chi connectivity index (χ2v) is 3.45. The summed E-state index contributed by atoms with van der Waals surface area (Å²) in [5.74, 6) is 1.98. The molecule has 2 heteroatoms. The van der Waals surface area contributed by atoms with Crippen LogP contribution in [0, 0.1) is 0 Å². The van der Waals surface area contributed by atoms with E-state index in [1.165, 1.54) is 5.56 Å². The van der Waals surface area contributed by atoms with Gasteiger partial charge < -0.3 is 4.52 Å². The molecule has 0 fully saturated rings. The molecule has 0 spiro atoms. The molecule has 0 aromatic carbocycles. The van der Waals surface area contributed by atoms with Crippen LogP contribution in [0.5, 0.6) is 0 Å². The lowest BCUT2D eigenvalue weighted by Crippen LogP contribution is -1.93. The van der Waals surface area contributed by atoms with Crippen molar-refractivity contribution < 1.29 is 4.52 Å². The monoisotopic (exact) mass is 183 g/mol. The summed E-state index contributed by atoms with van der Waals surface area (Å²) >= 11 is 0. The van der Waals surface area contributed by atoms with Crippen molar-refractivity contribution in [3.05, 3.63) is 17.5 Å². The predicted octanol–water partition coefficient (Wildman–Crippen LogP) is 3.95. The summed E-state index contributed by atoms with van der Waals surface area (Å²) in [6.07, 6.45) is 1.82. The van der Waals surface area contributed by atoms with E-state index in [9.17, 15) is 0 Å². The highest BCUT2D eigenvalue weighted by atomic mass is 16.5. The molecule has 0 saturated carbocycles. The quantitative estimate of drug-likeness (QED) is 0.694. The fourth-order valence-electron chi connectivity index (χ4n) is 1.13. The van der Waals surface area contributed by atoms with E-state index in [-0.39, 0.29) is 0 Å². The van der Waals surface area contributed by atoms with Crippen LogP contribution >= 0.6 is 0 Å². The van der Waals surface area contributed by atoms with Crippen molar-refractivity contribution in [2.45, 2.75) is 53.4 Å². The number of hydrogen-bond acceptors (Lipinski definition) is 2. The van der Waals surface area contributed by atoms with Crippen LogP contribution in [-0.4, -0.2) is 5.16 Å². The Balaban J connectivity index is 0.000000671. The lowest BCUT2D eigenvalue weighted by Gasteiger charge is -2.05. The van der Waals surface area contributed by atoms with E-state index in [2.05, 4.69) is 32.9 Å². The van der Waals surface area contributed by atoms with E-state index in [0.29, 0.717) is 11.8 Å². The third-order valence-electron chi connectivity index (χ3n) is 1.77. The number of nitrogens with zero attached hydrogens (tertiary/aromatic N) is 1. The van der Waals surface area contributed by atoms with Gasteiger partial charge in [-0.2, -0.15) is 0 Å². The van der Waals surface area contributed by atoms with E-state index >= 15 is 0 Å². The summed E-state index contributed by atoms with van der Waals surface area (Å²) in [6, 6.07) is 0. The second kappa shape index (κ2) is 5.79. The average molecular weight is 183 g/mol. The van der Waals surface area contributed by atoms with Gasteiger partial charge in [-0.25, -0.2) is 0 Å². The SMILES string of the molecule is CC.CC(C)c1cnoc1C(C)C. The normalized spacial score (nSPS) is 10.2. The van der Waals surface area contributed by atoms with Crippen molar-refractivity contribution in [2.75, 3.05) is 0 Å². The van der Waals surface area contributed by atoms with Crippen LogP contribution in [0.2, 0.25) is 0 Å². The molecule has 0 unspecified atom stereocenters. The largest absolute Gasteiger partial charge is 0.361 e. The molecule has 0 atom stereocenters. The minimum atomic E-state index is 0.440. The maximum atomic E-state index is 5.14. The van der Waals surface area contributed by atoms with Crippen molar-refractivity contribution >= 4 is 0 Å². The lowest BCUT2D eigenvalue weighted by atomic mass is 9.99. The molecular formula is C11H21NO. The molecule has 1 aromatic heterocycles. The van der Waals surface area contributed by atoms with E-state index in [0.717, 1.165) is 5.76 Å². The predicted molar refractivity (Wildman–Crippen MR) is 56.0 cm³/mol. The average Bonchev–Trinajstić information content (AvgIpc) is 2.55. The lowest BCUT2D eigenvalue weighted by molar-refractivity contribution is 0.368. The maximum absolute atomic E-state index is 5.14. The Morgan fingerprint density at radius 1 is 1.08 bits per heavy atom. The van der Waals surface area contributed by atoms with E-state index < -0.39 is 0 Å². The molecule has 13 heavy (non-hydrogen) atoms. The molecule has 0 radical (unpaired) electrons. The zero-order valence-corrected chi connectivity index (χ0v) is 9.59.